The molecule has 28 heavy (non-hydrogen) atoms. The molecule has 148 valence electrons. The minimum atomic E-state index is 0.0279. The molecule has 5 nitrogen and oxygen atoms in total. The zero-order valence-electron chi connectivity index (χ0n) is 16.7. The van der Waals surface area contributed by atoms with Gasteiger partial charge in [0.2, 0.25) is 6.19 Å². The molecule has 0 unspecified atom stereocenters. The molecule has 7 heteroatoms. The number of nitriles is 1. The summed E-state index contributed by atoms with van der Waals surface area (Å²) in [6.45, 7) is 7.53. The van der Waals surface area contributed by atoms with Crippen LogP contribution in [0.3, 0.4) is 0 Å². The first kappa shape index (κ1) is 20.6. The number of methoxy groups -OCH3 is 1. The Kier molecular flexibility index (Phi) is 6.26. The lowest BCUT2D eigenvalue weighted by atomic mass is 9.85. The van der Waals surface area contributed by atoms with E-state index in [9.17, 15) is 5.26 Å². The van der Waals surface area contributed by atoms with E-state index in [1.807, 2.05) is 6.19 Å². The monoisotopic (exact) mass is 416 g/mol. The summed E-state index contributed by atoms with van der Waals surface area (Å²) < 4.78 is 7.64. The van der Waals surface area contributed by atoms with Crippen LogP contribution < -0.4 is 9.54 Å². The molecule has 3 rings (SSSR count). The minimum Gasteiger partial charge on any atom is -0.496 e. The maximum absolute atomic E-state index is 9.23. The van der Waals surface area contributed by atoms with Gasteiger partial charge < -0.3 is 9.30 Å². The Labute approximate surface area is 175 Å². The zero-order chi connectivity index (χ0) is 20.3. The number of hydrogen-bond donors (Lipinski definition) is 0. The third kappa shape index (κ3) is 4.65. The van der Waals surface area contributed by atoms with Crippen LogP contribution in [-0.2, 0) is 12.0 Å². The Morgan fingerprint density at radius 1 is 1.39 bits per heavy atom. The van der Waals surface area contributed by atoms with Gasteiger partial charge in [0.25, 0.3) is 0 Å². The van der Waals surface area contributed by atoms with Gasteiger partial charge in [0.05, 0.1) is 12.7 Å². The van der Waals surface area contributed by atoms with Crippen LogP contribution in [-0.4, -0.2) is 17.5 Å². The highest BCUT2D eigenvalue weighted by Gasteiger charge is 2.22. The minimum absolute atomic E-state index is 0.0279. The summed E-state index contributed by atoms with van der Waals surface area (Å²) in [6, 6.07) is 5.24. The Morgan fingerprint density at radius 2 is 2.14 bits per heavy atom. The van der Waals surface area contributed by atoms with Gasteiger partial charge in [0.15, 0.2) is 10.6 Å². The maximum atomic E-state index is 9.23. The van der Waals surface area contributed by atoms with E-state index in [-0.39, 0.29) is 5.41 Å². The van der Waals surface area contributed by atoms with Crippen molar-refractivity contribution in [1.82, 2.24) is 4.57 Å². The van der Waals surface area contributed by atoms with Crippen molar-refractivity contribution < 1.29 is 4.74 Å². The molecule has 1 aromatic heterocycles. The average Bonchev–Trinajstić information content (AvgIpc) is 3.01. The molecule has 0 N–H and O–H groups in total. The van der Waals surface area contributed by atoms with Gasteiger partial charge in [0, 0.05) is 22.6 Å². The number of amidine groups is 1. The fourth-order valence-electron chi connectivity index (χ4n) is 3.04. The summed E-state index contributed by atoms with van der Waals surface area (Å²) in [5, 5.41) is 9.77. The number of rotatable bonds is 4. The lowest BCUT2D eigenvalue weighted by Crippen LogP contribution is -2.24. The van der Waals surface area contributed by atoms with E-state index in [2.05, 4.69) is 36.5 Å². The summed E-state index contributed by atoms with van der Waals surface area (Å²) in [7, 11) is 1.58. The number of nitrogens with zero attached hydrogens (tertiary/aromatic N) is 4. The lowest BCUT2D eigenvalue weighted by Gasteiger charge is -2.25. The molecule has 2 aromatic rings. The fraction of sp³-hybridized carbons (Fsp3) is 0.476. The predicted molar refractivity (Wildman–Crippen MR) is 114 cm³/mol. The second-order valence-corrected chi connectivity index (χ2v) is 9.51. The van der Waals surface area contributed by atoms with Crippen LogP contribution in [0.25, 0.3) is 0 Å². The third-order valence-corrected chi connectivity index (χ3v) is 6.58. The van der Waals surface area contributed by atoms with E-state index in [0.29, 0.717) is 28.1 Å². The van der Waals surface area contributed by atoms with Crippen molar-refractivity contribution in [2.45, 2.75) is 52.0 Å². The number of ether oxygens (including phenoxy) is 1. The molecule has 1 aromatic carbocycles. The largest absolute Gasteiger partial charge is 0.496 e. The van der Waals surface area contributed by atoms with Gasteiger partial charge in [-0.2, -0.15) is 15.2 Å². The van der Waals surface area contributed by atoms with Crippen molar-refractivity contribution in [2.75, 3.05) is 7.11 Å². The van der Waals surface area contributed by atoms with Crippen LogP contribution in [0, 0.1) is 17.4 Å². The van der Waals surface area contributed by atoms with Gasteiger partial charge in [-0.3, -0.25) is 0 Å². The Hall–Kier alpha value is -2.10. The highest BCUT2D eigenvalue weighted by Crippen LogP contribution is 2.30. The maximum Gasteiger partial charge on any atom is 0.207 e. The van der Waals surface area contributed by atoms with Gasteiger partial charge in [-0.15, -0.1) is 11.3 Å². The van der Waals surface area contributed by atoms with E-state index in [4.69, 9.17) is 21.3 Å². The molecular formula is C21H25ClN4OS. The van der Waals surface area contributed by atoms with Gasteiger partial charge in [0.1, 0.15) is 5.75 Å². The second kappa shape index (κ2) is 8.50. The van der Waals surface area contributed by atoms with Crippen LogP contribution >= 0.6 is 22.9 Å². The van der Waals surface area contributed by atoms with Crippen molar-refractivity contribution in [3.8, 4) is 11.9 Å². The molecule has 1 saturated carbocycles. The van der Waals surface area contributed by atoms with Crippen LogP contribution in [0.4, 0.5) is 0 Å². The summed E-state index contributed by atoms with van der Waals surface area (Å²) in [4.78, 5) is 10.9. The van der Waals surface area contributed by atoms with Gasteiger partial charge in [-0.05, 0) is 42.4 Å². The highest BCUT2D eigenvalue weighted by atomic mass is 35.5. The number of benzene rings is 1. The van der Waals surface area contributed by atoms with Crippen LogP contribution in [0.15, 0.2) is 34.4 Å². The predicted octanol–water partition coefficient (Wildman–Crippen LogP) is 5.14. The number of thiazole rings is 1. The second-order valence-electron chi connectivity index (χ2n) is 8.07. The van der Waals surface area contributed by atoms with Crippen molar-refractivity contribution in [3.63, 3.8) is 0 Å². The summed E-state index contributed by atoms with van der Waals surface area (Å²) >= 11 is 7.82. The number of aliphatic imine (C=N–C) groups is 1. The van der Waals surface area contributed by atoms with E-state index in [0.717, 1.165) is 11.3 Å². The molecular weight excluding hydrogens is 392 g/mol. The topological polar surface area (TPSA) is 62.7 Å². The normalized spacial score (nSPS) is 16.0. The number of halogens is 1. The van der Waals surface area contributed by atoms with Gasteiger partial charge in [-0.25, -0.2) is 0 Å². The highest BCUT2D eigenvalue weighted by molar-refractivity contribution is 7.09. The molecule has 1 aliphatic carbocycles. The lowest BCUT2D eigenvalue weighted by molar-refractivity contribution is 0.274. The van der Waals surface area contributed by atoms with Crippen LogP contribution in [0.5, 0.6) is 5.75 Å². The van der Waals surface area contributed by atoms with Crippen molar-refractivity contribution >= 4 is 28.8 Å². The Morgan fingerprint density at radius 3 is 2.71 bits per heavy atom. The first-order valence-electron chi connectivity index (χ1n) is 9.38. The van der Waals surface area contributed by atoms with E-state index in [1.165, 1.54) is 24.1 Å². The van der Waals surface area contributed by atoms with Crippen molar-refractivity contribution in [2.24, 2.45) is 15.9 Å². The number of hydrogen-bond acceptors (Lipinski definition) is 4. The molecule has 0 radical (unpaired) electrons. The molecule has 0 spiro atoms. The van der Waals surface area contributed by atoms with E-state index >= 15 is 0 Å². The summed E-state index contributed by atoms with van der Waals surface area (Å²) in [5.74, 6) is 1.59. The Bertz CT molecular complexity index is 987. The molecule has 0 aliphatic heterocycles. The molecule has 0 saturated heterocycles. The molecule has 0 atom stereocenters. The summed E-state index contributed by atoms with van der Waals surface area (Å²) in [5.41, 5.74) is 0.637. The summed E-state index contributed by atoms with van der Waals surface area (Å²) in [6.07, 6.45) is 7.88. The number of aromatic nitrogens is 1. The standard InChI is InChI=1S/C21H25ClN4OS/c1-21(2,3)18-12-26(11-14-6-5-7-14)20(28-18)25-19(24-13-23)16-10-15(22)8-9-17(16)27-4/h8-10,12,14H,5-7,11H2,1-4H3/b24-19?,25-20-. The molecule has 1 aliphatic rings. The third-order valence-electron chi connectivity index (χ3n) is 4.90. The quantitative estimate of drug-likeness (QED) is 0.393. The zero-order valence-corrected chi connectivity index (χ0v) is 18.3. The first-order chi connectivity index (χ1) is 13.3. The molecule has 1 fully saturated rings. The smallest absolute Gasteiger partial charge is 0.207 e. The first-order valence-corrected chi connectivity index (χ1v) is 10.6. The fourth-order valence-corrected chi connectivity index (χ4v) is 4.27. The SMILES string of the molecule is COc1ccc(Cl)cc1C(=NC#N)/N=c1\sc(C(C)(C)C)cn1CC1CCC1. The van der Waals surface area contributed by atoms with Gasteiger partial charge in [-0.1, -0.05) is 38.8 Å². The van der Waals surface area contributed by atoms with E-state index in [1.54, 1.807) is 36.6 Å². The average molecular weight is 417 g/mol. The Balaban J connectivity index is 2.13. The van der Waals surface area contributed by atoms with Crippen molar-refractivity contribution in [3.05, 3.63) is 44.7 Å². The molecule has 0 bridgehead atoms. The molecule has 0 amide bonds. The van der Waals surface area contributed by atoms with Crippen LogP contribution in [0.2, 0.25) is 5.02 Å². The van der Waals surface area contributed by atoms with E-state index < -0.39 is 0 Å². The molecule has 1 heterocycles. The van der Waals surface area contributed by atoms with Gasteiger partial charge >= 0.3 is 0 Å². The van der Waals surface area contributed by atoms with Crippen molar-refractivity contribution in [1.29, 1.82) is 5.26 Å². The van der Waals surface area contributed by atoms with Crippen LogP contribution in [0.1, 0.15) is 50.5 Å².